The highest BCUT2D eigenvalue weighted by molar-refractivity contribution is 7.86. The van der Waals surface area contributed by atoms with E-state index in [1.807, 2.05) is 0 Å². The predicted molar refractivity (Wildman–Crippen MR) is 36.8 cm³/mol. The van der Waals surface area contributed by atoms with Gasteiger partial charge < -0.3 is 4.72 Å². The first-order valence-electron chi connectivity index (χ1n) is 1.90. The van der Waals surface area contributed by atoms with Crippen molar-refractivity contribution in [3.8, 4) is 0 Å². The lowest BCUT2D eigenvalue weighted by atomic mass is 10.6. The van der Waals surface area contributed by atoms with E-state index in [9.17, 15) is 4.21 Å². The lowest BCUT2D eigenvalue weighted by molar-refractivity contribution is 0.685. The molecule has 1 aliphatic rings. The molecule has 0 aromatic carbocycles. The zero-order valence-electron chi connectivity index (χ0n) is 4.03. The van der Waals surface area contributed by atoms with Crippen LogP contribution in [0.3, 0.4) is 0 Å². The average Bonchev–Trinajstić information content (AvgIpc) is 1.69. The van der Waals surface area contributed by atoms with Gasteiger partial charge in [0.1, 0.15) is 11.0 Å². The van der Waals surface area contributed by atoms with Gasteiger partial charge in [0.25, 0.3) is 0 Å². The summed E-state index contributed by atoms with van der Waals surface area (Å²) in [5.41, 5.74) is 0. The molecule has 0 bridgehead atoms. The van der Waals surface area contributed by atoms with Gasteiger partial charge in [-0.3, -0.25) is 0 Å². The van der Waals surface area contributed by atoms with Gasteiger partial charge in [-0.05, 0) is 6.08 Å². The summed E-state index contributed by atoms with van der Waals surface area (Å²) in [5.74, 6) is 0. The van der Waals surface area contributed by atoms with E-state index in [1.54, 1.807) is 23.8 Å². The van der Waals surface area contributed by atoms with Crippen LogP contribution in [-0.2, 0) is 11.0 Å². The number of hydrogen-bond donors (Lipinski definition) is 1. The SMILES string of the molecule is Cl.O=S1C=CC=CN1. The summed E-state index contributed by atoms with van der Waals surface area (Å²) < 4.78 is 12.9. The number of allylic oxidation sites excluding steroid dienone is 2. The molecule has 1 heterocycles. The van der Waals surface area contributed by atoms with Gasteiger partial charge in [0.05, 0.1) is 0 Å². The van der Waals surface area contributed by atoms with Crippen LogP contribution >= 0.6 is 12.4 Å². The quantitative estimate of drug-likeness (QED) is 0.543. The minimum absolute atomic E-state index is 0. The highest BCUT2D eigenvalue weighted by atomic mass is 35.5. The Morgan fingerprint density at radius 1 is 1.38 bits per heavy atom. The van der Waals surface area contributed by atoms with Crippen molar-refractivity contribution in [3.05, 3.63) is 23.8 Å². The summed E-state index contributed by atoms with van der Waals surface area (Å²) >= 11 is 0. The normalized spacial score (nSPS) is 23.8. The van der Waals surface area contributed by atoms with Crippen molar-refractivity contribution in [2.75, 3.05) is 0 Å². The molecule has 0 saturated carbocycles. The first-order valence-corrected chi connectivity index (χ1v) is 3.11. The van der Waals surface area contributed by atoms with Gasteiger partial charge in [-0.25, -0.2) is 4.21 Å². The maximum absolute atomic E-state index is 10.3. The Morgan fingerprint density at radius 2 is 2.12 bits per heavy atom. The first-order chi connectivity index (χ1) is 3.39. The molecular formula is C4H6ClNOS. The van der Waals surface area contributed by atoms with E-state index in [-0.39, 0.29) is 12.4 Å². The van der Waals surface area contributed by atoms with Gasteiger partial charge in [-0.2, -0.15) is 0 Å². The fourth-order valence-electron chi connectivity index (χ4n) is 0.318. The van der Waals surface area contributed by atoms with Crippen molar-refractivity contribution < 1.29 is 4.21 Å². The van der Waals surface area contributed by atoms with Crippen molar-refractivity contribution in [1.82, 2.24) is 4.72 Å². The maximum atomic E-state index is 10.3. The van der Waals surface area contributed by atoms with Gasteiger partial charge in [0, 0.05) is 11.6 Å². The Bertz CT molecular complexity index is 143. The van der Waals surface area contributed by atoms with E-state index in [2.05, 4.69) is 4.72 Å². The highest BCUT2D eigenvalue weighted by Crippen LogP contribution is 1.86. The molecule has 1 N–H and O–H groups in total. The van der Waals surface area contributed by atoms with E-state index in [4.69, 9.17) is 0 Å². The molecule has 0 aromatic heterocycles. The molecule has 0 fully saturated rings. The number of halogens is 1. The molecule has 1 aliphatic heterocycles. The number of hydrogen-bond acceptors (Lipinski definition) is 1. The largest absolute Gasteiger partial charge is 0.308 e. The van der Waals surface area contributed by atoms with Crippen molar-refractivity contribution in [2.24, 2.45) is 0 Å². The smallest absolute Gasteiger partial charge is 0.142 e. The third kappa shape index (κ3) is 2.14. The van der Waals surface area contributed by atoms with E-state index < -0.39 is 11.0 Å². The lowest BCUT2D eigenvalue weighted by Gasteiger charge is -1.94. The lowest BCUT2D eigenvalue weighted by Crippen LogP contribution is -2.07. The van der Waals surface area contributed by atoms with Crippen molar-refractivity contribution in [3.63, 3.8) is 0 Å². The molecule has 46 valence electrons. The van der Waals surface area contributed by atoms with Crippen molar-refractivity contribution in [2.45, 2.75) is 0 Å². The van der Waals surface area contributed by atoms with Gasteiger partial charge in [-0.1, -0.05) is 6.08 Å². The molecule has 0 radical (unpaired) electrons. The Kier molecular flexibility index (Phi) is 3.56. The Labute approximate surface area is 56.7 Å². The molecule has 8 heavy (non-hydrogen) atoms. The van der Waals surface area contributed by atoms with Gasteiger partial charge >= 0.3 is 0 Å². The van der Waals surface area contributed by atoms with Crippen LogP contribution < -0.4 is 4.72 Å². The zero-order chi connectivity index (χ0) is 5.11. The standard InChI is InChI=1S/C4H5NOS.ClH/c6-7-4-2-1-3-5-7;/h1-5H;1H. The Balaban J connectivity index is 0.000000490. The van der Waals surface area contributed by atoms with E-state index in [0.29, 0.717) is 0 Å². The molecule has 0 spiro atoms. The molecular weight excluding hydrogens is 146 g/mol. The second-order valence-corrected chi connectivity index (χ2v) is 2.21. The van der Waals surface area contributed by atoms with E-state index in [1.165, 1.54) is 0 Å². The summed E-state index contributed by atoms with van der Waals surface area (Å²) in [6.45, 7) is 0. The fourth-order valence-corrected chi connectivity index (χ4v) is 0.843. The summed E-state index contributed by atoms with van der Waals surface area (Å²) in [6, 6.07) is 0. The molecule has 0 aliphatic carbocycles. The summed E-state index contributed by atoms with van der Waals surface area (Å²) in [4.78, 5) is 0. The number of nitrogens with one attached hydrogen (secondary N) is 1. The van der Waals surface area contributed by atoms with Crippen molar-refractivity contribution in [1.29, 1.82) is 0 Å². The summed E-state index contributed by atoms with van der Waals surface area (Å²) in [7, 11) is -0.958. The molecule has 1 rings (SSSR count). The fraction of sp³-hybridized carbons (Fsp3) is 0. The molecule has 0 aromatic rings. The first kappa shape index (κ1) is 7.72. The minimum Gasteiger partial charge on any atom is -0.308 e. The highest BCUT2D eigenvalue weighted by Gasteiger charge is 1.87. The Hall–Kier alpha value is -0.280. The van der Waals surface area contributed by atoms with Gasteiger partial charge in [0.2, 0.25) is 0 Å². The molecule has 4 heteroatoms. The topological polar surface area (TPSA) is 29.1 Å². The minimum atomic E-state index is -0.958. The monoisotopic (exact) mass is 151 g/mol. The van der Waals surface area contributed by atoms with Crippen LogP contribution in [0.25, 0.3) is 0 Å². The summed E-state index contributed by atoms with van der Waals surface area (Å²) in [6.07, 6.45) is 5.18. The third-order valence-corrected chi connectivity index (χ3v) is 1.37. The number of rotatable bonds is 0. The predicted octanol–water partition coefficient (Wildman–Crippen LogP) is 0.703. The van der Waals surface area contributed by atoms with Gasteiger partial charge in [0.15, 0.2) is 0 Å². The van der Waals surface area contributed by atoms with E-state index >= 15 is 0 Å². The second-order valence-electron chi connectivity index (χ2n) is 1.10. The second kappa shape index (κ2) is 3.69. The Morgan fingerprint density at radius 3 is 2.38 bits per heavy atom. The van der Waals surface area contributed by atoms with Crippen LogP contribution in [0, 0.1) is 0 Å². The molecule has 0 amide bonds. The van der Waals surface area contributed by atoms with Crippen LogP contribution in [0.2, 0.25) is 0 Å². The van der Waals surface area contributed by atoms with Crippen LogP contribution in [0.1, 0.15) is 0 Å². The maximum Gasteiger partial charge on any atom is 0.142 e. The third-order valence-electron chi connectivity index (χ3n) is 0.594. The van der Waals surface area contributed by atoms with Crippen LogP contribution in [-0.4, -0.2) is 4.21 Å². The molecule has 0 saturated heterocycles. The van der Waals surface area contributed by atoms with Crippen LogP contribution in [0.5, 0.6) is 0 Å². The van der Waals surface area contributed by atoms with E-state index in [0.717, 1.165) is 0 Å². The van der Waals surface area contributed by atoms with Crippen molar-refractivity contribution >= 4 is 23.4 Å². The van der Waals surface area contributed by atoms with Gasteiger partial charge in [-0.15, -0.1) is 12.4 Å². The molecule has 2 nitrogen and oxygen atoms in total. The molecule has 1 atom stereocenters. The molecule has 1 unspecified atom stereocenters. The summed E-state index contributed by atoms with van der Waals surface area (Å²) in [5, 5.41) is 1.58. The van der Waals surface area contributed by atoms with Crippen LogP contribution in [0.4, 0.5) is 0 Å². The average molecular weight is 152 g/mol. The van der Waals surface area contributed by atoms with Crippen LogP contribution in [0.15, 0.2) is 23.8 Å². The zero-order valence-corrected chi connectivity index (χ0v) is 5.67.